The molecule has 0 amide bonds. The van der Waals surface area contributed by atoms with Crippen LogP contribution < -0.4 is 4.90 Å². The summed E-state index contributed by atoms with van der Waals surface area (Å²) in [7, 11) is 0. The van der Waals surface area contributed by atoms with E-state index in [9.17, 15) is 0 Å². The Morgan fingerprint density at radius 3 is 1.82 bits per heavy atom. The monoisotopic (exact) mass is 787 g/mol. The molecule has 2 aromatic heterocycles. The van der Waals surface area contributed by atoms with Crippen molar-refractivity contribution < 1.29 is 0 Å². The van der Waals surface area contributed by atoms with Gasteiger partial charge in [0.05, 0.1) is 38.9 Å². The third-order valence-corrected chi connectivity index (χ3v) is 13.8. The number of anilines is 3. The van der Waals surface area contributed by atoms with E-state index >= 15 is 0 Å². The quantitative estimate of drug-likeness (QED) is 0.173. The summed E-state index contributed by atoms with van der Waals surface area (Å²) < 4.78 is 5.07. The van der Waals surface area contributed by atoms with Gasteiger partial charge >= 0.3 is 0 Å². The van der Waals surface area contributed by atoms with Gasteiger partial charge in [-0.2, -0.15) is 0 Å². The Labute approximate surface area is 358 Å². The average molecular weight is 788 g/mol. The second-order valence-corrected chi connectivity index (χ2v) is 16.8. The molecule has 3 nitrogen and oxygen atoms in total. The molecule has 3 heteroatoms. The zero-order valence-electron chi connectivity index (χ0n) is 33.7. The molecule has 0 bridgehead atoms. The lowest BCUT2D eigenvalue weighted by molar-refractivity contribution is 0.749. The molecule has 0 saturated carbocycles. The highest BCUT2D eigenvalue weighted by atomic mass is 15.1. The van der Waals surface area contributed by atoms with Crippen LogP contribution in [0.15, 0.2) is 224 Å². The summed E-state index contributed by atoms with van der Waals surface area (Å²) in [6.45, 7) is 0. The topological polar surface area (TPSA) is 13.1 Å². The Bertz CT molecular complexity index is 3810. The van der Waals surface area contributed by atoms with Crippen LogP contribution >= 0.6 is 0 Å². The number of para-hydroxylation sites is 5. The number of hydrogen-bond acceptors (Lipinski definition) is 1. The third-order valence-electron chi connectivity index (χ3n) is 13.8. The Morgan fingerprint density at radius 1 is 0.355 bits per heavy atom. The van der Waals surface area contributed by atoms with Crippen LogP contribution in [0, 0.1) is 0 Å². The lowest BCUT2D eigenvalue weighted by atomic mass is 9.65. The molecule has 1 aliphatic carbocycles. The van der Waals surface area contributed by atoms with Crippen molar-refractivity contribution in [2.45, 2.75) is 5.41 Å². The lowest BCUT2D eigenvalue weighted by Gasteiger charge is -2.40. The summed E-state index contributed by atoms with van der Waals surface area (Å²) in [5, 5.41) is 7.51. The predicted molar refractivity (Wildman–Crippen MR) is 258 cm³/mol. The van der Waals surface area contributed by atoms with Gasteiger partial charge in [0.25, 0.3) is 0 Å². The van der Waals surface area contributed by atoms with Crippen LogP contribution in [0.2, 0.25) is 0 Å². The number of rotatable bonds is 4. The first-order chi connectivity index (χ1) is 30.8. The number of benzene rings is 10. The zero-order chi connectivity index (χ0) is 40.5. The molecular formula is C59H37N3. The van der Waals surface area contributed by atoms with Crippen molar-refractivity contribution in [2.24, 2.45) is 0 Å². The molecule has 62 heavy (non-hydrogen) atoms. The van der Waals surface area contributed by atoms with Gasteiger partial charge in [0.1, 0.15) is 0 Å². The van der Waals surface area contributed by atoms with E-state index in [0.29, 0.717) is 0 Å². The summed E-state index contributed by atoms with van der Waals surface area (Å²) in [5.74, 6) is 0. The predicted octanol–water partition coefficient (Wildman–Crippen LogP) is 15.2. The summed E-state index contributed by atoms with van der Waals surface area (Å²) in [6.07, 6.45) is 0. The van der Waals surface area contributed by atoms with Crippen molar-refractivity contribution in [1.29, 1.82) is 0 Å². The smallest absolute Gasteiger partial charge is 0.0754 e. The van der Waals surface area contributed by atoms with Crippen LogP contribution in [-0.2, 0) is 5.41 Å². The zero-order valence-corrected chi connectivity index (χ0v) is 33.7. The Kier molecular flexibility index (Phi) is 6.76. The fourth-order valence-electron chi connectivity index (χ4n) is 11.5. The van der Waals surface area contributed by atoms with Crippen LogP contribution in [0.25, 0.3) is 76.9 Å². The van der Waals surface area contributed by atoms with Crippen molar-refractivity contribution >= 4 is 71.4 Å². The van der Waals surface area contributed by atoms with Crippen LogP contribution in [0.1, 0.15) is 22.3 Å². The second-order valence-electron chi connectivity index (χ2n) is 16.8. The Hall–Kier alpha value is -8.14. The summed E-state index contributed by atoms with van der Waals surface area (Å²) >= 11 is 0. The fraction of sp³-hybridized carbons (Fsp3) is 0.0169. The van der Waals surface area contributed by atoms with Gasteiger partial charge in [-0.25, -0.2) is 0 Å². The van der Waals surface area contributed by atoms with Gasteiger partial charge in [-0.05, 0) is 105 Å². The molecule has 1 spiro atoms. The van der Waals surface area contributed by atoms with Crippen LogP contribution in [0.5, 0.6) is 0 Å². The SMILES string of the molecule is c1ccc(N(c2ccc3c(c2)-c2ccccc2C32c3ccccc3-n3c4ccccc4c4c3c2cc2c3ccccc3n(-c3ccccc3)c24)c2cccc3ccccc23)cc1. The number of hydrogen-bond donors (Lipinski definition) is 0. The second kappa shape index (κ2) is 12.4. The van der Waals surface area contributed by atoms with Gasteiger partial charge in [-0.3, -0.25) is 0 Å². The molecule has 0 fully saturated rings. The van der Waals surface area contributed by atoms with E-state index in [4.69, 9.17) is 0 Å². The number of nitrogens with zero attached hydrogens (tertiary/aromatic N) is 3. The molecule has 10 aromatic carbocycles. The van der Waals surface area contributed by atoms with E-state index in [0.717, 1.165) is 22.7 Å². The first-order valence-corrected chi connectivity index (χ1v) is 21.5. The normalized spacial score (nSPS) is 14.8. The van der Waals surface area contributed by atoms with Gasteiger partial charge in [0.2, 0.25) is 0 Å². The van der Waals surface area contributed by atoms with Crippen LogP contribution in [0.4, 0.5) is 17.1 Å². The molecule has 12 aromatic rings. The minimum Gasteiger partial charge on any atom is -0.310 e. The molecule has 0 N–H and O–H groups in total. The van der Waals surface area contributed by atoms with E-state index in [1.165, 1.54) is 93.5 Å². The third kappa shape index (κ3) is 4.24. The highest BCUT2D eigenvalue weighted by Crippen LogP contribution is 2.63. The minimum absolute atomic E-state index is 0.592. The summed E-state index contributed by atoms with van der Waals surface area (Å²) in [6, 6.07) is 83.3. The summed E-state index contributed by atoms with van der Waals surface area (Å²) in [5.41, 5.74) is 17.9. The molecule has 1 unspecified atom stereocenters. The lowest BCUT2D eigenvalue weighted by Crippen LogP contribution is -2.33. The van der Waals surface area contributed by atoms with Gasteiger partial charge in [-0.15, -0.1) is 0 Å². The first kappa shape index (κ1) is 33.7. The molecule has 2 aliphatic rings. The fourth-order valence-corrected chi connectivity index (χ4v) is 11.5. The maximum atomic E-state index is 2.57. The highest BCUT2D eigenvalue weighted by molar-refractivity contribution is 6.28. The minimum atomic E-state index is -0.592. The van der Waals surface area contributed by atoms with E-state index in [1.54, 1.807) is 0 Å². The van der Waals surface area contributed by atoms with Crippen LogP contribution in [0.3, 0.4) is 0 Å². The van der Waals surface area contributed by atoms with Crippen molar-refractivity contribution in [1.82, 2.24) is 9.13 Å². The van der Waals surface area contributed by atoms with Gasteiger partial charge < -0.3 is 14.0 Å². The van der Waals surface area contributed by atoms with Gasteiger partial charge in [0.15, 0.2) is 0 Å². The molecule has 0 radical (unpaired) electrons. The largest absolute Gasteiger partial charge is 0.310 e. The van der Waals surface area contributed by atoms with Gasteiger partial charge in [-0.1, -0.05) is 158 Å². The maximum absolute atomic E-state index is 2.57. The maximum Gasteiger partial charge on any atom is 0.0754 e. The molecule has 0 saturated heterocycles. The molecule has 1 aliphatic heterocycles. The summed E-state index contributed by atoms with van der Waals surface area (Å²) in [4.78, 5) is 2.44. The Morgan fingerprint density at radius 2 is 0.984 bits per heavy atom. The van der Waals surface area contributed by atoms with Crippen LogP contribution in [-0.4, -0.2) is 9.13 Å². The average Bonchev–Trinajstić information content (AvgIpc) is 3.96. The van der Waals surface area contributed by atoms with Crippen molar-refractivity contribution in [2.75, 3.05) is 4.90 Å². The first-order valence-electron chi connectivity index (χ1n) is 21.5. The molecule has 288 valence electrons. The molecular weight excluding hydrogens is 751 g/mol. The Balaban J connectivity index is 1.14. The van der Waals surface area contributed by atoms with Crippen molar-refractivity contribution in [3.63, 3.8) is 0 Å². The van der Waals surface area contributed by atoms with E-state index in [1.807, 2.05) is 0 Å². The molecule has 3 heterocycles. The standard InChI is InChI=1S/C59H37N3/c1-3-20-39(21-4-1)60(52-33-17-19-38-18-7-8-24-42(38)52)41-34-35-49-46(36-41)43-25-9-12-28-48(43)59(49)50-29-13-16-32-55(50)62-54-31-15-11-27-45(54)56-57-47(37-51(59)58(56)62)44-26-10-14-30-53(44)61(57)40-22-5-2-6-23-40/h1-37H. The van der Waals surface area contributed by atoms with Crippen molar-refractivity contribution in [3.05, 3.63) is 247 Å². The van der Waals surface area contributed by atoms with E-state index in [2.05, 4.69) is 238 Å². The van der Waals surface area contributed by atoms with Gasteiger partial charge in [0, 0.05) is 44.0 Å². The number of aromatic nitrogens is 2. The van der Waals surface area contributed by atoms with E-state index < -0.39 is 5.41 Å². The van der Waals surface area contributed by atoms with Crippen molar-refractivity contribution in [3.8, 4) is 22.5 Å². The molecule has 1 atom stereocenters. The molecule has 14 rings (SSSR count). The highest BCUT2D eigenvalue weighted by Gasteiger charge is 2.51. The number of fused-ring (bicyclic) bond motifs is 17. The van der Waals surface area contributed by atoms with E-state index in [-0.39, 0.29) is 0 Å².